The molecule has 5 fully saturated rings. The van der Waals surface area contributed by atoms with Gasteiger partial charge in [0.2, 0.25) is 5.91 Å². The van der Waals surface area contributed by atoms with Crippen molar-refractivity contribution < 1.29 is 9.53 Å². The van der Waals surface area contributed by atoms with Crippen LogP contribution in [0.2, 0.25) is 0 Å². The lowest BCUT2D eigenvalue weighted by molar-refractivity contribution is -0.124. The quantitative estimate of drug-likeness (QED) is 0.624. The number of ether oxygens (including phenoxy) is 1. The minimum Gasteiger partial charge on any atom is -0.376 e. The molecule has 2 aromatic rings. The molecule has 6 nitrogen and oxygen atoms in total. The second-order valence-corrected chi connectivity index (χ2v) is 12.0. The monoisotopic (exact) mass is 458 g/mol. The predicted octanol–water partition coefficient (Wildman–Crippen LogP) is 4.36. The molecule has 7 rings (SSSR count). The van der Waals surface area contributed by atoms with E-state index in [9.17, 15) is 4.79 Å². The largest absolute Gasteiger partial charge is 0.376 e. The summed E-state index contributed by atoms with van der Waals surface area (Å²) >= 11 is 3.18. The second-order valence-electron chi connectivity index (χ2n) is 10.1. The van der Waals surface area contributed by atoms with E-state index < -0.39 is 0 Å². The van der Waals surface area contributed by atoms with Gasteiger partial charge in [0.25, 0.3) is 0 Å². The lowest BCUT2D eigenvalue weighted by Crippen LogP contribution is -2.60. The molecule has 0 aromatic carbocycles. The maximum atomic E-state index is 13.0. The van der Waals surface area contributed by atoms with Crippen LogP contribution in [0.5, 0.6) is 0 Å². The average molecular weight is 459 g/mol. The van der Waals surface area contributed by atoms with Crippen molar-refractivity contribution in [2.45, 2.75) is 74.7 Å². The molecule has 3 heterocycles. The molecule has 1 saturated heterocycles. The van der Waals surface area contributed by atoms with E-state index in [-0.39, 0.29) is 17.6 Å². The maximum Gasteiger partial charge on any atom is 0.230 e. The topological polar surface area (TPSA) is 69.0 Å². The van der Waals surface area contributed by atoms with E-state index in [0.717, 1.165) is 59.6 Å². The second kappa shape index (κ2) is 8.19. The van der Waals surface area contributed by atoms with Gasteiger partial charge in [-0.25, -0.2) is 0 Å². The van der Waals surface area contributed by atoms with Gasteiger partial charge < -0.3 is 10.1 Å². The van der Waals surface area contributed by atoms with Crippen LogP contribution in [0.4, 0.5) is 0 Å². The zero-order valence-corrected chi connectivity index (χ0v) is 19.4. The first kappa shape index (κ1) is 20.2. The molecule has 1 amide bonds. The van der Waals surface area contributed by atoms with Crippen LogP contribution in [0.25, 0.3) is 10.7 Å². The molecule has 4 saturated carbocycles. The van der Waals surface area contributed by atoms with Crippen LogP contribution in [0.3, 0.4) is 0 Å². The summed E-state index contributed by atoms with van der Waals surface area (Å²) in [5.74, 6) is 3.94. The molecule has 166 valence electrons. The number of carbonyl (C=O) groups excluding carboxylic acids is 1. The molecule has 5 aliphatic rings. The summed E-state index contributed by atoms with van der Waals surface area (Å²) in [5, 5.41) is 15.3. The number of nitrogens with zero attached hydrogens (tertiary/aromatic N) is 3. The zero-order chi connectivity index (χ0) is 20.8. The number of hydrogen-bond donors (Lipinski definition) is 1. The highest BCUT2D eigenvalue weighted by atomic mass is 32.2. The van der Waals surface area contributed by atoms with Gasteiger partial charge in [-0.2, -0.15) is 0 Å². The summed E-state index contributed by atoms with van der Waals surface area (Å²) in [4.78, 5) is 14.1. The number of carbonyl (C=O) groups is 1. The third-order valence-electron chi connectivity index (χ3n) is 7.64. The van der Waals surface area contributed by atoms with E-state index in [1.165, 1.54) is 50.3 Å². The first-order chi connectivity index (χ1) is 15.2. The van der Waals surface area contributed by atoms with Crippen molar-refractivity contribution in [3.05, 3.63) is 17.5 Å². The number of thiophene rings is 1. The van der Waals surface area contributed by atoms with E-state index in [0.29, 0.717) is 5.75 Å². The van der Waals surface area contributed by atoms with Crippen molar-refractivity contribution in [3.63, 3.8) is 0 Å². The molecule has 0 radical (unpaired) electrons. The van der Waals surface area contributed by atoms with Crippen LogP contribution >= 0.6 is 23.1 Å². The van der Waals surface area contributed by atoms with Gasteiger partial charge in [0, 0.05) is 12.1 Å². The van der Waals surface area contributed by atoms with Gasteiger partial charge in [0.05, 0.1) is 23.3 Å². The number of rotatable bonds is 7. The molecule has 1 atom stereocenters. The predicted molar refractivity (Wildman–Crippen MR) is 122 cm³/mol. The van der Waals surface area contributed by atoms with E-state index in [4.69, 9.17) is 4.74 Å². The van der Waals surface area contributed by atoms with E-state index >= 15 is 0 Å². The third-order valence-corrected chi connectivity index (χ3v) is 9.48. The SMILES string of the molecule is O=C(CSc1nnc(-c2cccs2)n1CC1CCCO1)NC12CC3CC(CC(C3)C1)C2. The molecule has 4 bridgehead atoms. The summed E-state index contributed by atoms with van der Waals surface area (Å²) in [5.41, 5.74) is 0.0693. The van der Waals surface area contributed by atoms with Gasteiger partial charge in [0.15, 0.2) is 11.0 Å². The fraction of sp³-hybridized carbons (Fsp3) is 0.696. The van der Waals surface area contributed by atoms with Crippen molar-refractivity contribution in [1.29, 1.82) is 0 Å². The molecule has 1 aliphatic heterocycles. The van der Waals surface area contributed by atoms with Crippen molar-refractivity contribution in [2.75, 3.05) is 12.4 Å². The number of amides is 1. The van der Waals surface area contributed by atoms with Gasteiger partial charge in [-0.15, -0.1) is 21.5 Å². The van der Waals surface area contributed by atoms with Crippen LogP contribution in [0, 0.1) is 17.8 Å². The molecule has 1 N–H and O–H groups in total. The van der Waals surface area contributed by atoms with Gasteiger partial charge in [0.1, 0.15) is 0 Å². The van der Waals surface area contributed by atoms with E-state index in [1.807, 2.05) is 6.07 Å². The standard InChI is InChI=1S/C23H30N4O2S2/c28-20(24-23-10-15-7-16(11-23)9-17(8-15)12-23)14-31-22-26-25-21(19-4-2-6-30-19)27(22)13-18-3-1-5-29-18/h2,4,6,15-18H,1,3,5,7-14H2,(H,24,28). The van der Waals surface area contributed by atoms with E-state index in [1.54, 1.807) is 11.3 Å². The Balaban J connectivity index is 1.14. The lowest BCUT2D eigenvalue weighted by atomic mass is 9.53. The molecular weight excluding hydrogens is 428 g/mol. The van der Waals surface area contributed by atoms with Crippen molar-refractivity contribution in [2.24, 2.45) is 17.8 Å². The molecule has 1 unspecified atom stereocenters. The minimum atomic E-state index is 0.0693. The molecule has 8 heteroatoms. The van der Waals surface area contributed by atoms with Gasteiger partial charge in [-0.3, -0.25) is 9.36 Å². The normalized spacial score (nSPS) is 33.8. The third kappa shape index (κ3) is 4.07. The van der Waals surface area contributed by atoms with Gasteiger partial charge in [-0.05, 0) is 80.6 Å². The first-order valence-corrected chi connectivity index (χ1v) is 13.5. The Hall–Kier alpha value is -1.38. The van der Waals surface area contributed by atoms with Crippen LogP contribution in [-0.2, 0) is 16.1 Å². The van der Waals surface area contributed by atoms with Crippen molar-refractivity contribution in [3.8, 4) is 10.7 Å². The molecule has 0 spiro atoms. The highest BCUT2D eigenvalue weighted by Gasteiger charge is 2.51. The van der Waals surface area contributed by atoms with Crippen LogP contribution in [0.1, 0.15) is 51.4 Å². The van der Waals surface area contributed by atoms with Crippen LogP contribution < -0.4 is 5.32 Å². The number of hydrogen-bond acceptors (Lipinski definition) is 6. The Morgan fingerprint density at radius 2 is 2.00 bits per heavy atom. The Labute approximate surface area is 191 Å². The van der Waals surface area contributed by atoms with Gasteiger partial charge >= 0.3 is 0 Å². The number of nitrogens with one attached hydrogen (secondary N) is 1. The Morgan fingerprint density at radius 1 is 1.23 bits per heavy atom. The Kier molecular flexibility index (Phi) is 5.35. The first-order valence-electron chi connectivity index (χ1n) is 11.7. The Bertz CT molecular complexity index is 900. The summed E-state index contributed by atoms with van der Waals surface area (Å²) in [6.45, 7) is 1.58. The average Bonchev–Trinajstić information content (AvgIpc) is 3.48. The number of thioether (sulfide) groups is 1. The summed E-state index contributed by atoms with van der Waals surface area (Å²) in [7, 11) is 0. The molecule has 4 aliphatic carbocycles. The summed E-state index contributed by atoms with van der Waals surface area (Å²) in [6.07, 6.45) is 10.1. The molecular formula is C23H30N4O2S2. The lowest BCUT2D eigenvalue weighted by Gasteiger charge is -2.56. The fourth-order valence-corrected chi connectivity index (χ4v) is 8.33. The maximum absolute atomic E-state index is 13.0. The van der Waals surface area contributed by atoms with Gasteiger partial charge in [-0.1, -0.05) is 17.8 Å². The van der Waals surface area contributed by atoms with Crippen LogP contribution in [0.15, 0.2) is 22.7 Å². The van der Waals surface area contributed by atoms with Crippen molar-refractivity contribution in [1.82, 2.24) is 20.1 Å². The van der Waals surface area contributed by atoms with E-state index in [2.05, 4.69) is 31.5 Å². The molecule has 31 heavy (non-hydrogen) atoms. The highest BCUT2D eigenvalue weighted by molar-refractivity contribution is 7.99. The van der Waals surface area contributed by atoms with Crippen molar-refractivity contribution >= 4 is 29.0 Å². The Morgan fingerprint density at radius 3 is 2.65 bits per heavy atom. The summed E-state index contributed by atoms with van der Waals surface area (Å²) in [6, 6.07) is 4.12. The molecule has 2 aromatic heterocycles. The smallest absolute Gasteiger partial charge is 0.230 e. The highest BCUT2D eigenvalue weighted by Crippen LogP contribution is 2.55. The fourth-order valence-electron chi connectivity index (χ4n) is 6.87. The zero-order valence-electron chi connectivity index (χ0n) is 17.8. The van der Waals surface area contributed by atoms with Crippen LogP contribution in [-0.4, -0.2) is 44.7 Å². The minimum absolute atomic E-state index is 0.0693. The number of aromatic nitrogens is 3. The summed E-state index contributed by atoms with van der Waals surface area (Å²) < 4.78 is 8.03.